The summed E-state index contributed by atoms with van der Waals surface area (Å²) in [4.78, 5) is 0. The van der Waals surface area contributed by atoms with Gasteiger partial charge in [0.1, 0.15) is 0 Å². The molecule has 7 nitrogen and oxygen atoms in total. The number of nitrogens with zero attached hydrogens (tertiary/aromatic N) is 1. The van der Waals surface area contributed by atoms with Crippen LogP contribution in [-0.4, -0.2) is 20.1 Å². The van der Waals surface area contributed by atoms with Crippen LogP contribution in [-0.2, 0) is 13.0 Å². The SMILES string of the molecule is COc1cc2cc(C)[n+](Cc3ccccc3)c(CCCCl)c2cc1OC.[O-][Cl+3]([O-])([O-])[O-]. The molecule has 0 bridgehead atoms. The van der Waals surface area contributed by atoms with Crippen molar-refractivity contribution in [2.45, 2.75) is 26.3 Å². The number of hydrogen-bond acceptors (Lipinski definition) is 6. The highest BCUT2D eigenvalue weighted by molar-refractivity contribution is 6.17. The number of ether oxygens (including phenoxy) is 2. The topological polar surface area (TPSA) is 115 Å². The fourth-order valence-corrected chi connectivity index (χ4v) is 3.55. The summed E-state index contributed by atoms with van der Waals surface area (Å²) in [5.74, 6) is 2.15. The van der Waals surface area contributed by atoms with Gasteiger partial charge in [0.15, 0.2) is 29.4 Å². The monoisotopic (exact) mass is 469 g/mol. The van der Waals surface area contributed by atoms with Gasteiger partial charge in [-0.1, -0.05) is 30.3 Å². The van der Waals surface area contributed by atoms with E-state index in [2.05, 4.69) is 54.0 Å². The minimum absolute atomic E-state index is 0.647. The number of hydrogen-bond donors (Lipinski definition) is 0. The van der Waals surface area contributed by atoms with Crippen LogP contribution in [0, 0.1) is 17.2 Å². The molecule has 0 spiro atoms. The largest absolute Gasteiger partial charge is 0.493 e. The van der Waals surface area contributed by atoms with E-state index in [0.717, 1.165) is 36.3 Å². The Hall–Kier alpha value is -2.13. The van der Waals surface area contributed by atoms with Crippen LogP contribution >= 0.6 is 11.6 Å². The molecule has 2 aromatic carbocycles. The zero-order chi connectivity index (χ0) is 23.0. The molecule has 9 heteroatoms. The number of aromatic nitrogens is 1. The van der Waals surface area contributed by atoms with Gasteiger partial charge in [0.2, 0.25) is 0 Å². The predicted molar refractivity (Wildman–Crippen MR) is 107 cm³/mol. The van der Waals surface area contributed by atoms with E-state index in [0.29, 0.717) is 5.88 Å². The Morgan fingerprint density at radius 1 is 0.935 bits per heavy atom. The summed E-state index contributed by atoms with van der Waals surface area (Å²) < 4.78 is 47.4. The van der Waals surface area contributed by atoms with Crippen LogP contribution in [0.4, 0.5) is 0 Å². The Bertz CT molecular complexity index is 987. The van der Waals surface area contributed by atoms with E-state index >= 15 is 0 Å². The standard InChI is InChI=1S/C22H25ClNO2.ClHO4/c1-16-12-18-13-21(25-2)22(26-3)14-19(18)20(10-7-11-23)24(16)15-17-8-5-4-6-9-17;2-1(3,4)5/h4-6,8-9,12-14H,7,10-11,15H2,1-3H3;(H,2,3,4,5)/q+1;/p-1. The van der Waals surface area contributed by atoms with Gasteiger partial charge in [0.05, 0.1) is 19.6 Å². The molecule has 0 saturated heterocycles. The third kappa shape index (κ3) is 7.50. The minimum atomic E-state index is -4.94. The van der Waals surface area contributed by atoms with Crippen LogP contribution in [0.2, 0.25) is 0 Å². The van der Waals surface area contributed by atoms with E-state index in [1.54, 1.807) is 14.2 Å². The van der Waals surface area contributed by atoms with Crippen LogP contribution in [0.5, 0.6) is 11.5 Å². The second kappa shape index (κ2) is 11.5. The number of pyridine rings is 1. The molecule has 168 valence electrons. The van der Waals surface area contributed by atoms with E-state index in [1.807, 2.05) is 6.07 Å². The molecular formula is C22H25Cl2NO6. The van der Waals surface area contributed by atoms with Crippen LogP contribution in [0.25, 0.3) is 10.8 Å². The smallest absolute Gasteiger partial charge is 0.189 e. The molecule has 0 amide bonds. The van der Waals surface area contributed by atoms with E-state index in [-0.39, 0.29) is 0 Å². The maximum Gasteiger partial charge on any atom is 0.189 e. The summed E-state index contributed by atoms with van der Waals surface area (Å²) in [6.07, 6.45) is 1.85. The summed E-state index contributed by atoms with van der Waals surface area (Å²) >= 11 is 6.01. The van der Waals surface area contributed by atoms with Crippen molar-refractivity contribution in [2.75, 3.05) is 20.1 Å². The van der Waals surface area contributed by atoms with Gasteiger partial charge in [-0.15, -0.1) is 21.8 Å². The van der Waals surface area contributed by atoms with Gasteiger partial charge in [-0.3, -0.25) is 0 Å². The highest BCUT2D eigenvalue weighted by Gasteiger charge is 2.21. The first-order valence-corrected chi connectivity index (χ1v) is 11.2. The van der Waals surface area contributed by atoms with Gasteiger partial charge in [-0.05, 0) is 23.9 Å². The molecule has 0 atom stereocenters. The Balaban J connectivity index is 0.000000614. The quantitative estimate of drug-likeness (QED) is 0.353. The molecular weight excluding hydrogens is 445 g/mol. The number of aryl methyl sites for hydroxylation is 2. The number of methoxy groups -OCH3 is 2. The third-order valence-corrected chi connectivity index (χ3v) is 4.98. The fraction of sp³-hybridized carbons (Fsp3) is 0.318. The second-order valence-electron chi connectivity index (χ2n) is 6.77. The molecule has 1 aromatic heterocycles. The number of fused-ring (bicyclic) bond motifs is 1. The number of halogens is 2. The fourth-order valence-electron chi connectivity index (χ4n) is 3.42. The summed E-state index contributed by atoms with van der Waals surface area (Å²) in [5, 5.41) is 2.35. The zero-order valence-corrected chi connectivity index (χ0v) is 19.1. The lowest BCUT2D eigenvalue weighted by atomic mass is 10.0. The Labute approximate surface area is 188 Å². The van der Waals surface area contributed by atoms with Gasteiger partial charge in [-0.2, -0.15) is 4.57 Å². The lowest BCUT2D eigenvalue weighted by Gasteiger charge is -2.17. The average molecular weight is 470 g/mol. The summed E-state index contributed by atoms with van der Waals surface area (Å²) in [6, 6.07) is 16.9. The van der Waals surface area contributed by atoms with Crippen molar-refractivity contribution in [1.29, 1.82) is 0 Å². The van der Waals surface area contributed by atoms with E-state index < -0.39 is 10.2 Å². The van der Waals surface area contributed by atoms with Crippen LogP contribution in [0.15, 0.2) is 48.5 Å². The lowest BCUT2D eigenvalue weighted by molar-refractivity contribution is -2.00. The van der Waals surface area contributed by atoms with Crippen molar-refractivity contribution < 1.29 is 42.9 Å². The average Bonchev–Trinajstić information content (AvgIpc) is 2.72. The minimum Gasteiger partial charge on any atom is -0.493 e. The van der Waals surface area contributed by atoms with Gasteiger partial charge < -0.3 is 9.47 Å². The second-order valence-corrected chi connectivity index (χ2v) is 7.90. The molecule has 0 fully saturated rings. The van der Waals surface area contributed by atoms with Crippen molar-refractivity contribution in [2.24, 2.45) is 0 Å². The highest BCUT2D eigenvalue weighted by Crippen LogP contribution is 2.33. The third-order valence-electron chi connectivity index (χ3n) is 4.71. The lowest BCUT2D eigenvalue weighted by Crippen LogP contribution is -2.68. The molecule has 0 unspecified atom stereocenters. The number of benzene rings is 2. The zero-order valence-electron chi connectivity index (χ0n) is 17.6. The molecule has 31 heavy (non-hydrogen) atoms. The summed E-state index contributed by atoms with van der Waals surface area (Å²) in [6.45, 7) is 3.00. The van der Waals surface area contributed by atoms with Crippen molar-refractivity contribution in [3.8, 4) is 11.5 Å². The molecule has 3 aromatic rings. The maximum atomic E-state index is 8.49. The van der Waals surface area contributed by atoms with E-state index in [4.69, 9.17) is 39.7 Å². The molecule has 3 rings (SSSR count). The molecule has 0 radical (unpaired) electrons. The predicted octanol–water partition coefficient (Wildman–Crippen LogP) is -0.0834. The molecule has 1 heterocycles. The first-order chi connectivity index (χ1) is 14.7. The van der Waals surface area contributed by atoms with Crippen molar-refractivity contribution in [3.05, 3.63) is 65.5 Å². The molecule has 0 aliphatic rings. The molecule has 0 N–H and O–H groups in total. The number of alkyl halides is 1. The van der Waals surface area contributed by atoms with Crippen molar-refractivity contribution in [1.82, 2.24) is 0 Å². The Kier molecular flexibility index (Phi) is 9.31. The first kappa shape index (κ1) is 25.1. The van der Waals surface area contributed by atoms with E-state index in [9.17, 15) is 0 Å². The van der Waals surface area contributed by atoms with Crippen LogP contribution < -0.4 is 32.7 Å². The Morgan fingerprint density at radius 2 is 1.52 bits per heavy atom. The van der Waals surface area contributed by atoms with Crippen molar-refractivity contribution >= 4 is 22.4 Å². The Morgan fingerprint density at radius 3 is 2.06 bits per heavy atom. The molecule has 0 saturated carbocycles. The van der Waals surface area contributed by atoms with Gasteiger partial charge in [0, 0.05) is 30.9 Å². The van der Waals surface area contributed by atoms with Crippen molar-refractivity contribution in [3.63, 3.8) is 0 Å². The summed E-state index contributed by atoms with van der Waals surface area (Å²) in [5.41, 5.74) is 3.79. The van der Waals surface area contributed by atoms with E-state index in [1.165, 1.54) is 22.3 Å². The normalized spacial score (nSPS) is 11.1. The summed E-state index contributed by atoms with van der Waals surface area (Å²) in [7, 11) is -1.60. The first-order valence-electron chi connectivity index (χ1n) is 9.47. The number of rotatable bonds is 7. The van der Waals surface area contributed by atoms with Gasteiger partial charge >= 0.3 is 0 Å². The molecule has 0 aliphatic heterocycles. The van der Waals surface area contributed by atoms with Gasteiger partial charge in [-0.25, -0.2) is 18.6 Å². The molecule has 0 aliphatic carbocycles. The van der Waals surface area contributed by atoms with Gasteiger partial charge in [0.25, 0.3) is 0 Å². The van der Waals surface area contributed by atoms with Crippen LogP contribution in [0.1, 0.15) is 23.4 Å². The van der Waals surface area contributed by atoms with Crippen LogP contribution in [0.3, 0.4) is 0 Å². The maximum absolute atomic E-state index is 8.49. The highest BCUT2D eigenvalue weighted by atomic mass is 35.7.